The Bertz CT molecular complexity index is 869. The number of hydrogen-bond donors (Lipinski definition) is 0. The molecule has 160 valence electrons. The number of carbonyl (C=O) groups is 1. The third-order valence-corrected chi connectivity index (χ3v) is 8.45. The maximum absolute atomic E-state index is 13.4. The minimum Gasteiger partial charge on any atom is -0.440 e. The molecule has 2 bridgehead atoms. The van der Waals surface area contributed by atoms with Crippen molar-refractivity contribution >= 4 is 23.1 Å². The van der Waals surface area contributed by atoms with Gasteiger partial charge in [0.15, 0.2) is 6.10 Å². The first-order chi connectivity index (χ1) is 14.6. The van der Waals surface area contributed by atoms with Gasteiger partial charge >= 0.3 is 6.09 Å². The summed E-state index contributed by atoms with van der Waals surface area (Å²) in [6.07, 6.45) is 6.50. The number of thiophene rings is 1. The van der Waals surface area contributed by atoms with E-state index in [0.717, 1.165) is 23.7 Å². The van der Waals surface area contributed by atoms with Gasteiger partial charge in [-0.2, -0.15) is 0 Å². The highest BCUT2D eigenvalue weighted by atomic mass is 32.1. The fraction of sp³-hybridized carbons (Fsp3) is 0.560. The first-order valence-corrected chi connectivity index (χ1v) is 12.4. The SMILES string of the molecule is Cc1cccc(N(Cc2cccs2)C(=O)OC2C[N+]3(CC4CCC4)CCC2CC3)c1. The van der Waals surface area contributed by atoms with E-state index in [-0.39, 0.29) is 12.2 Å². The third-order valence-electron chi connectivity index (χ3n) is 7.59. The molecule has 0 spiro atoms. The average Bonchev–Trinajstić information content (AvgIpc) is 3.23. The normalized spacial score (nSPS) is 28.2. The molecule has 5 heteroatoms. The number of quaternary nitrogens is 1. The van der Waals surface area contributed by atoms with E-state index in [9.17, 15) is 4.79 Å². The number of anilines is 1. The van der Waals surface area contributed by atoms with Gasteiger partial charge in [0.25, 0.3) is 0 Å². The first kappa shape index (κ1) is 20.1. The Kier molecular flexibility index (Phi) is 5.59. The van der Waals surface area contributed by atoms with Crippen molar-refractivity contribution in [2.45, 2.75) is 51.7 Å². The molecule has 1 amide bonds. The second kappa shape index (κ2) is 8.35. The Balaban J connectivity index is 1.32. The molecule has 1 aliphatic carbocycles. The molecular weight excluding hydrogens is 392 g/mol. The van der Waals surface area contributed by atoms with Crippen LogP contribution in [-0.4, -0.2) is 42.9 Å². The van der Waals surface area contributed by atoms with Gasteiger partial charge in [-0.25, -0.2) is 4.79 Å². The predicted molar refractivity (Wildman–Crippen MR) is 122 cm³/mol. The molecule has 4 aliphatic rings. The van der Waals surface area contributed by atoms with Crippen LogP contribution in [0.5, 0.6) is 0 Å². The number of aryl methyl sites for hydroxylation is 1. The van der Waals surface area contributed by atoms with Gasteiger partial charge in [0.05, 0.1) is 26.2 Å². The van der Waals surface area contributed by atoms with Crippen LogP contribution in [0.15, 0.2) is 41.8 Å². The summed E-state index contributed by atoms with van der Waals surface area (Å²) < 4.78 is 7.45. The average molecular weight is 426 g/mol. The van der Waals surface area contributed by atoms with Crippen LogP contribution in [-0.2, 0) is 11.3 Å². The quantitative estimate of drug-likeness (QED) is 0.563. The molecule has 6 rings (SSSR count). The van der Waals surface area contributed by atoms with Gasteiger partial charge in [-0.05, 0) is 48.9 Å². The summed E-state index contributed by atoms with van der Waals surface area (Å²) in [5.41, 5.74) is 2.08. The van der Waals surface area contributed by atoms with Crippen molar-refractivity contribution in [2.75, 3.05) is 31.1 Å². The van der Waals surface area contributed by atoms with E-state index in [0.29, 0.717) is 12.5 Å². The second-order valence-electron chi connectivity index (χ2n) is 9.72. The standard InChI is InChI=1S/C25H33N2O2S/c1-19-5-2-8-22(15-19)26(16-23-9-4-14-30-23)25(28)29-24-18-27(17-20-6-3-7-20)12-10-21(24)11-13-27/h2,4-5,8-9,14-15,20-21,24H,3,6-7,10-13,16-18H2,1H3/q+1. The van der Waals surface area contributed by atoms with Gasteiger partial charge in [0.1, 0.15) is 6.54 Å². The minimum atomic E-state index is -0.186. The van der Waals surface area contributed by atoms with E-state index < -0.39 is 0 Å². The summed E-state index contributed by atoms with van der Waals surface area (Å²) in [7, 11) is 0. The van der Waals surface area contributed by atoms with Crippen LogP contribution in [0.4, 0.5) is 10.5 Å². The van der Waals surface area contributed by atoms with Gasteiger partial charge in [-0.1, -0.05) is 24.6 Å². The van der Waals surface area contributed by atoms with Gasteiger partial charge < -0.3 is 9.22 Å². The Hall–Kier alpha value is -1.85. The molecule has 4 nitrogen and oxygen atoms in total. The van der Waals surface area contributed by atoms with Crippen LogP contribution in [0.25, 0.3) is 0 Å². The number of nitrogens with zero attached hydrogens (tertiary/aromatic N) is 2. The van der Waals surface area contributed by atoms with Crippen molar-refractivity contribution in [1.29, 1.82) is 0 Å². The van der Waals surface area contributed by atoms with Gasteiger partial charge in [-0.3, -0.25) is 4.90 Å². The lowest BCUT2D eigenvalue weighted by atomic mass is 9.79. The highest BCUT2D eigenvalue weighted by Gasteiger charge is 2.49. The fourth-order valence-corrected chi connectivity index (χ4v) is 6.34. The van der Waals surface area contributed by atoms with Crippen molar-refractivity contribution < 1.29 is 14.0 Å². The fourth-order valence-electron chi connectivity index (χ4n) is 5.64. The zero-order chi connectivity index (χ0) is 20.6. The van der Waals surface area contributed by atoms with Crippen molar-refractivity contribution in [2.24, 2.45) is 11.8 Å². The highest BCUT2D eigenvalue weighted by molar-refractivity contribution is 7.09. The van der Waals surface area contributed by atoms with Gasteiger partial charge in [0, 0.05) is 35.2 Å². The molecular formula is C25H33N2O2S+. The van der Waals surface area contributed by atoms with E-state index in [1.165, 1.54) is 61.1 Å². The molecule has 1 atom stereocenters. The maximum Gasteiger partial charge on any atom is 0.415 e. The monoisotopic (exact) mass is 425 g/mol. The summed E-state index contributed by atoms with van der Waals surface area (Å²) in [5.74, 6) is 1.44. The van der Waals surface area contributed by atoms with Crippen LogP contribution in [0, 0.1) is 18.8 Å². The molecule has 0 N–H and O–H groups in total. The summed E-state index contributed by atoms with van der Waals surface area (Å²) in [5, 5.41) is 2.07. The second-order valence-corrected chi connectivity index (χ2v) is 10.7. The van der Waals surface area contributed by atoms with Gasteiger partial charge in [-0.15, -0.1) is 11.3 Å². The summed E-state index contributed by atoms with van der Waals surface area (Å²) in [6, 6.07) is 12.3. The molecule has 0 radical (unpaired) electrons. The van der Waals surface area contributed by atoms with E-state index in [4.69, 9.17) is 4.74 Å². The first-order valence-electron chi connectivity index (χ1n) is 11.5. The Morgan fingerprint density at radius 1 is 1.17 bits per heavy atom. The molecule has 30 heavy (non-hydrogen) atoms. The molecule has 1 aromatic carbocycles. The van der Waals surface area contributed by atoms with Crippen molar-refractivity contribution in [3.63, 3.8) is 0 Å². The number of ether oxygens (including phenoxy) is 1. The zero-order valence-electron chi connectivity index (χ0n) is 18.0. The molecule has 1 saturated carbocycles. The molecule has 1 unspecified atom stereocenters. The Morgan fingerprint density at radius 3 is 2.67 bits per heavy atom. The topological polar surface area (TPSA) is 29.5 Å². The number of fused-ring (bicyclic) bond motifs is 3. The molecule has 3 aliphatic heterocycles. The molecule has 1 aromatic heterocycles. The zero-order valence-corrected chi connectivity index (χ0v) is 18.8. The van der Waals surface area contributed by atoms with E-state index in [2.05, 4.69) is 30.5 Å². The Labute approximate surface area is 184 Å². The van der Waals surface area contributed by atoms with Gasteiger partial charge in [0.2, 0.25) is 0 Å². The predicted octanol–water partition coefficient (Wildman–Crippen LogP) is 5.61. The lowest BCUT2D eigenvalue weighted by molar-refractivity contribution is -0.949. The van der Waals surface area contributed by atoms with Crippen LogP contribution in [0.2, 0.25) is 0 Å². The summed E-state index contributed by atoms with van der Waals surface area (Å²) >= 11 is 1.69. The lowest BCUT2D eigenvalue weighted by Gasteiger charge is -2.54. The molecule has 4 fully saturated rings. The van der Waals surface area contributed by atoms with E-state index in [1.807, 2.05) is 23.1 Å². The van der Waals surface area contributed by atoms with Crippen LogP contribution in [0.1, 0.15) is 42.5 Å². The smallest absolute Gasteiger partial charge is 0.415 e. The maximum atomic E-state index is 13.4. The number of hydrogen-bond acceptors (Lipinski definition) is 3. The molecule has 4 heterocycles. The number of piperidine rings is 3. The molecule has 2 aromatic rings. The lowest BCUT2D eigenvalue weighted by Crippen LogP contribution is -2.66. The summed E-state index contributed by atoms with van der Waals surface area (Å²) in [6.45, 7) is 7.53. The van der Waals surface area contributed by atoms with Crippen LogP contribution < -0.4 is 4.90 Å². The highest BCUT2D eigenvalue weighted by Crippen LogP contribution is 2.39. The number of benzene rings is 1. The third kappa shape index (κ3) is 4.15. The van der Waals surface area contributed by atoms with E-state index in [1.54, 1.807) is 11.3 Å². The number of amides is 1. The minimum absolute atomic E-state index is 0.0655. The van der Waals surface area contributed by atoms with E-state index >= 15 is 0 Å². The number of carbonyl (C=O) groups excluding carboxylic acids is 1. The van der Waals surface area contributed by atoms with Crippen molar-refractivity contribution in [1.82, 2.24) is 0 Å². The summed E-state index contributed by atoms with van der Waals surface area (Å²) in [4.78, 5) is 16.4. The van der Waals surface area contributed by atoms with Crippen LogP contribution in [0.3, 0.4) is 0 Å². The molecule has 3 saturated heterocycles. The van der Waals surface area contributed by atoms with Crippen LogP contribution >= 0.6 is 11.3 Å². The largest absolute Gasteiger partial charge is 0.440 e. The van der Waals surface area contributed by atoms with Crippen molar-refractivity contribution in [3.8, 4) is 0 Å². The van der Waals surface area contributed by atoms with Crippen molar-refractivity contribution in [3.05, 3.63) is 52.2 Å². The Morgan fingerprint density at radius 2 is 2.00 bits per heavy atom. The number of rotatable bonds is 6.